The maximum Gasteiger partial charge on any atom is 0.255 e. The average Bonchev–Trinajstić information content (AvgIpc) is 3.32. The molecule has 2 amide bonds. The minimum atomic E-state index is -0.522. The molecule has 2 aromatic carbocycles. The van der Waals surface area contributed by atoms with Crippen molar-refractivity contribution in [3.05, 3.63) is 65.9 Å². The van der Waals surface area contributed by atoms with E-state index in [0.717, 1.165) is 28.7 Å². The fourth-order valence-corrected chi connectivity index (χ4v) is 4.28. The summed E-state index contributed by atoms with van der Waals surface area (Å²) in [6, 6.07) is 15.0. The second kappa shape index (κ2) is 8.94. The highest BCUT2D eigenvalue weighted by Gasteiger charge is 2.36. The molecule has 2 heterocycles. The van der Waals surface area contributed by atoms with Gasteiger partial charge in [0.2, 0.25) is 5.91 Å². The molecule has 0 bridgehead atoms. The maximum absolute atomic E-state index is 13.4. The van der Waals surface area contributed by atoms with Gasteiger partial charge in [-0.3, -0.25) is 9.59 Å². The van der Waals surface area contributed by atoms with E-state index in [9.17, 15) is 9.59 Å². The number of hydrogen-bond donors (Lipinski definition) is 1. The molecule has 162 valence electrons. The first-order valence-corrected chi connectivity index (χ1v) is 10.8. The Hall–Kier alpha value is -3.12. The van der Waals surface area contributed by atoms with E-state index in [0.29, 0.717) is 25.1 Å². The third-order valence-corrected chi connectivity index (χ3v) is 5.83. The fraction of sp³-hybridized carbons (Fsp3) is 0.360. The molecule has 6 nitrogen and oxygen atoms in total. The van der Waals surface area contributed by atoms with Crippen molar-refractivity contribution in [2.45, 2.75) is 39.4 Å². The summed E-state index contributed by atoms with van der Waals surface area (Å²) in [4.78, 5) is 28.2. The van der Waals surface area contributed by atoms with Crippen LogP contribution in [0, 0.1) is 5.92 Å². The number of fused-ring (bicyclic) bond motifs is 2. The second-order valence-corrected chi connectivity index (χ2v) is 8.47. The molecule has 0 saturated carbocycles. The number of carbonyl (C=O) groups is 2. The zero-order valence-corrected chi connectivity index (χ0v) is 18.3. The molecule has 6 heteroatoms. The molecule has 4 rings (SSSR count). The van der Waals surface area contributed by atoms with E-state index < -0.39 is 6.04 Å². The van der Waals surface area contributed by atoms with Gasteiger partial charge >= 0.3 is 0 Å². The predicted molar refractivity (Wildman–Crippen MR) is 122 cm³/mol. The van der Waals surface area contributed by atoms with Crippen LogP contribution >= 0.6 is 0 Å². The molecule has 1 atom stereocenters. The number of ether oxygens (including phenoxy) is 1. The van der Waals surface area contributed by atoms with Crippen molar-refractivity contribution < 1.29 is 14.3 Å². The van der Waals surface area contributed by atoms with E-state index in [1.165, 1.54) is 0 Å². The Morgan fingerprint density at radius 1 is 1.13 bits per heavy atom. The molecular formula is C25H29N3O3. The topological polar surface area (TPSA) is 63.6 Å². The third-order valence-electron chi connectivity index (χ3n) is 5.83. The van der Waals surface area contributed by atoms with E-state index in [-0.39, 0.29) is 17.7 Å². The molecule has 1 aliphatic heterocycles. The summed E-state index contributed by atoms with van der Waals surface area (Å²) in [6.07, 6.45) is 2.61. The normalized spacial score (nSPS) is 14.3. The van der Waals surface area contributed by atoms with Crippen LogP contribution in [0.5, 0.6) is 0 Å². The number of rotatable bonds is 8. The summed E-state index contributed by atoms with van der Waals surface area (Å²) in [7, 11) is 1.68. The summed E-state index contributed by atoms with van der Waals surface area (Å²) in [6.45, 7) is 5.98. The standard InChI is InChI=1S/C25H29N3O3/c1-17(2)15-23(28-16-18-7-4-5-8-19(18)25(28)30)24(29)26-21-9-6-10-22-20(21)11-12-27(22)13-14-31-3/h4-12,17,23H,13-16H2,1-3H3,(H,26,29). The molecule has 1 N–H and O–H groups in total. The van der Waals surface area contributed by atoms with Crippen LogP contribution in [-0.4, -0.2) is 41.0 Å². The summed E-state index contributed by atoms with van der Waals surface area (Å²) in [5.41, 5.74) is 3.48. The lowest BCUT2D eigenvalue weighted by molar-refractivity contribution is -0.121. The van der Waals surface area contributed by atoms with Gasteiger partial charge in [-0.2, -0.15) is 0 Å². The van der Waals surface area contributed by atoms with Crippen LogP contribution in [0.15, 0.2) is 54.7 Å². The lowest BCUT2D eigenvalue weighted by Crippen LogP contribution is -2.45. The number of nitrogens with zero attached hydrogens (tertiary/aromatic N) is 2. The quantitative estimate of drug-likeness (QED) is 0.592. The highest BCUT2D eigenvalue weighted by atomic mass is 16.5. The van der Waals surface area contributed by atoms with Crippen molar-refractivity contribution in [1.29, 1.82) is 0 Å². The van der Waals surface area contributed by atoms with E-state index in [2.05, 4.69) is 23.7 Å². The van der Waals surface area contributed by atoms with Crippen molar-refractivity contribution in [1.82, 2.24) is 9.47 Å². The van der Waals surface area contributed by atoms with Gasteiger partial charge in [-0.05, 0) is 42.2 Å². The van der Waals surface area contributed by atoms with Gasteiger partial charge in [0.25, 0.3) is 5.91 Å². The van der Waals surface area contributed by atoms with Crippen molar-refractivity contribution in [3.63, 3.8) is 0 Å². The molecular weight excluding hydrogens is 390 g/mol. The number of benzene rings is 2. The summed E-state index contributed by atoms with van der Waals surface area (Å²) in [5, 5.41) is 4.08. The minimum Gasteiger partial charge on any atom is -0.383 e. The van der Waals surface area contributed by atoms with Crippen LogP contribution in [-0.2, 0) is 22.6 Å². The van der Waals surface area contributed by atoms with Crippen LogP contribution in [0.1, 0.15) is 36.2 Å². The molecule has 0 spiro atoms. The number of carbonyl (C=O) groups excluding carboxylic acids is 2. The van der Waals surface area contributed by atoms with Crippen molar-refractivity contribution >= 4 is 28.4 Å². The van der Waals surface area contributed by atoms with Crippen LogP contribution < -0.4 is 5.32 Å². The van der Waals surface area contributed by atoms with Crippen molar-refractivity contribution in [3.8, 4) is 0 Å². The number of hydrogen-bond acceptors (Lipinski definition) is 3. The molecule has 1 aromatic heterocycles. The van der Waals surface area contributed by atoms with E-state index >= 15 is 0 Å². The Labute approximate surface area is 182 Å². The molecule has 1 aliphatic rings. The van der Waals surface area contributed by atoms with Gasteiger partial charge in [0.15, 0.2) is 0 Å². The van der Waals surface area contributed by atoms with Crippen LogP contribution in [0.2, 0.25) is 0 Å². The molecule has 0 aliphatic carbocycles. The molecule has 0 radical (unpaired) electrons. The van der Waals surface area contributed by atoms with Crippen molar-refractivity contribution in [2.75, 3.05) is 19.0 Å². The van der Waals surface area contributed by atoms with Crippen molar-refractivity contribution in [2.24, 2.45) is 5.92 Å². The van der Waals surface area contributed by atoms with Gasteiger partial charge in [0.05, 0.1) is 17.8 Å². The van der Waals surface area contributed by atoms with E-state index in [4.69, 9.17) is 4.74 Å². The Balaban J connectivity index is 1.59. The first kappa shape index (κ1) is 21.1. The first-order chi connectivity index (χ1) is 15.0. The first-order valence-electron chi connectivity index (χ1n) is 10.8. The Kier molecular flexibility index (Phi) is 6.09. The summed E-state index contributed by atoms with van der Waals surface area (Å²) >= 11 is 0. The van der Waals surface area contributed by atoms with Crippen LogP contribution in [0.4, 0.5) is 5.69 Å². The molecule has 0 fully saturated rings. The minimum absolute atomic E-state index is 0.0691. The fourth-order valence-electron chi connectivity index (χ4n) is 4.28. The summed E-state index contributed by atoms with van der Waals surface area (Å²) in [5.74, 6) is 0.0607. The second-order valence-electron chi connectivity index (χ2n) is 8.47. The Morgan fingerprint density at radius 2 is 1.94 bits per heavy atom. The zero-order valence-electron chi connectivity index (χ0n) is 18.3. The number of anilines is 1. The highest BCUT2D eigenvalue weighted by Crippen LogP contribution is 2.29. The lowest BCUT2D eigenvalue weighted by Gasteiger charge is -2.28. The average molecular weight is 420 g/mol. The van der Waals surface area contributed by atoms with Crippen LogP contribution in [0.25, 0.3) is 10.9 Å². The van der Waals surface area contributed by atoms with Gasteiger partial charge in [-0.1, -0.05) is 38.1 Å². The van der Waals surface area contributed by atoms with Gasteiger partial charge in [0.1, 0.15) is 6.04 Å². The number of nitrogens with one attached hydrogen (secondary N) is 1. The smallest absolute Gasteiger partial charge is 0.255 e. The third kappa shape index (κ3) is 4.21. The highest BCUT2D eigenvalue weighted by molar-refractivity contribution is 6.06. The molecule has 0 saturated heterocycles. The molecule has 31 heavy (non-hydrogen) atoms. The van der Waals surface area contributed by atoms with Gasteiger partial charge in [-0.15, -0.1) is 0 Å². The molecule has 3 aromatic rings. The largest absolute Gasteiger partial charge is 0.383 e. The van der Waals surface area contributed by atoms with E-state index in [1.54, 1.807) is 12.0 Å². The predicted octanol–water partition coefficient (Wildman–Crippen LogP) is 4.30. The van der Waals surface area contributed by atoms with Gasteiger partial charge in [-0.25, -0.2) is 0 Å². The molecule has 1 unspecified atom stereocenters. The van der Waals surface area contributed by atoms with Gasteiger partial charge in [0, 0.05) is 37.3 Å². The Bertz CT molecular complexity index is 1100. The van der Waals surface area contributed by atoms with E-state index in [1.807, 2.05) is 54.7 Å². The number of amides is 2. The zero-order chi connectivity index (χ0) is 22.0. The van der Waals surface area contributed by atoms with Gasteiger partial charge < -0.3 is 19.5 Å². The van der Waals surface area contributed by atoms with Crippen LogP contribution in [0.3, 0.4) is 0 Å². The summed E-state index contributed by atoms with van der Waals surface area (Å²) < 4.78 is 7.30. The number of aromatic nitrogens is 1. The lowest BCUT2D eigenvalue weighted by atomic mass is 10.0. The number of methoxy groups -OCH3 is 1. The maximum atomic E-state index is 13.4. The monoisotopic (exact) mass is 419 g/mol. The SMILES string of the molecule is COCCn1ccc2c(NC(=O)C(CC(C)C)N3Cc4ccccc4C3=O)cccc21. The Morgan fingerprint density at radius 3 is 2.68 bits per heavy atom.